The van der Waals surface area contributed by atoms with E-state index in [1.54, 1.807) is 43.6 Å². The third-order valence-corrected chi connectivity index (χ3v) is 6.28. The van der Waals surface area contributed by atoms with Gasteiger partial charge in [-0.1, -0.05) is 18.6 Å². The van der Waals surface area contributed by atoms with E-state index in [9.17, 15) is 18.8 Å². The van der Waals surface area contributed by atoms with Crippen molar-refractivity contribution in [2.45, 2.75) is 104 Å². The van der Waals surface area contributed by atoms with Crippen LogP contribution in [0.4, 0.5) is 9.18 Å². The lowest BCUT2D eigenvalue weighted by Gasteiger charge is -2.58. The fourth-order valence-electron chi connectivity index (χ4n) is 4.67. The van der Waals surface area contributed by atoms with Gasteiger partial charge in [0.2, 0.25) is 5.91 Å². The summed E-state index contributed by atoms with van der Waals surface area (Å²) in [4.78, 5) is 42.5. The van der Waals surface area contributed by atoms with E-state index in [4.69, 9.17) is 4.74 Å². The maximum absolute atomic E-state index is 13.5. The first kappa shape index (κ1) is 25.9. The quantitative estimate of drug-likeness (QED) is 0.487. The Balaban J connectivity index is 2.16. The number of nitrogens with one attached hydrogen (secondary N) is 1. The molecule has 0 radical (unpaired) electrons. The van der Waals surface area contributed by atoms with Crippen molar-refractivity contribution in [3.05, 3.63) is 23.6 Å². The summed E-state index contributed by atoms with van der Waals surface area (Å²) >= 11 is 0. The first-order valence-corrected chi connectivity index (χ1v) is 11.4. The Morgan fingerprint density at radius 1 is 1.28 bits per heavy atom. The minimum Gasteiger partial charge on any atom is -0.444 e. The summed E-state index contributed by atoms with van der Waals surface area (Å²) in [5, 5.41) is 2.84. The molecule has 2 fully saturated rings. The van der Waals surface area contributed by atoms with Gasteiger partial charge in [0.05, 0.1) is 11.9 Å². The number of hydrogen-bond donors (Lipinski definition) is 1. The molecule has 2 heterocycles. The number of hydrogen-bond acceptors (Lipinski definition) is 4. The molecule has 2 aliphatic rings. The van der Waals surface area contributed by atoms with Crippen LogP contribution in [0.2, 0.25) is 0 Å². The number of carbonyl (C=O) groups excluding carboxylic acids is 3. The maximum atomic E-state index is 13.5. The average molecular weight is 452 g/mol. The largest absolute Gasteiger partial charge is 0.444 e. The molecule has 0 aromatic rings. The maximum Gasteiger partial charge on any atom is 0.411 e. The third kappa shape index (κ3) is 4.99. The number of nitrogens with zero attached hydrogens (tertiary/aromatic N) is 2. The Morgan fingerprint density at radius 2 is 1.91 bits per heavy atom. The summed E-state index contributed by atoms with van der Waals surface area (Å²) in [5.74, 6) is -0.774. The molecule has 0 bridgehead atoms. The summed E-state index contributed by atoms with van der Waals surface area (Å²) < 4.78 is 18.5. The topological polar surface area (TPSA) is 79.0 Å². The van der Waals surface area contributed by atoms with Crippen molar-refractivity contribution in [3.8, 4) is 0 Å². The van der Waals surface area contributed by atoms with Gasteiger partial charge in [-0.25, -0.2) is 9.18 Å². The molecule has 3 amide bonds. The van der Waals surface area contributed by atoms with Gasteiger partial charge in [0.25, 0.3) is 5.91 Å². The van der Waals surface area contributed by atoms with Crippen LogP contribution in [0.5, 0.6) is 0 Å². The van der Waals surface area contributed by atoms with Gasteiger partial charge in [-0.15, -0.1) is 0 Å². The molecular formula is C24H38FN3O4. The van der Waals surface area contributed by atoms with Gasteiger partial charge in [0.1, 0.15) is 17.2 Å². The van der Waals surface area contributed by atoms with E-state index in [0.717, 1.165) is 5.57 Å². The van der Waals surface area contributed by atoms with Crippen molar-refractivity contribution in [1.82, 2.24) is 15.1 Å². The molecule has 4 atom stereocenters. The molecule has 8 heteroatoms. The molecule has 1 spiro atoms. The highest BCUT2D eigenvalue weighted by molar-refractivity contribution is 6.00. The van der Waals surface area contributed by atoms with E-state index in [2.05, 4.69) is 5.32 Å². The number of amides is 3. The zero-order valence-electron chi connectivity index (χ0n) is 20.6. The van der Waals surface area contributed by atoms with Gasteiger partial charge in [0.15, 0.2) is 0 Å². The van der Waals surface area contributed by atoms with Crippen LogP contribution in [0.25, 0.3) is 0 Å². The molecule has 180 valence electrons. The van der Waals surface area contributed by atoms with E-state index in [0.29, 0.717) is 19.3 Å². The molecule has 2 saturated heterocycles. The monoisotopic (exact) mass is 451 g/mol. The first-order valence-electron chi connectivity index (χ1n) is 11.4. The Labute approximate surface area is 191 Å². The fraction of sp³-hybridized carbons (Fsp3) is 0.708. The van der Waals surface area contributed by atoms with E-state index < -0.39 is 23.3 Å². The second-order valence-electron chi connectivity index (χ2n) is 9.96. The lowest BCUT2D eigenvalue weighted by Crippen LogP contribution is -2.81. The zero-order valence-corrected chi connectivity index (χ0v) is 20.6. The highest BCUT2D eigenvalue weighted by Gasteiger charge is 2.68. The Bertz CT molecular complexity index is 813. The van der Waals surface area contributed by atoms with Crippen LogP contribution in [-0.2, 0) is 14.3 Å². The standard InChI is InChI=1S/C24H38FN3O4/c1-9-19(20(29)26-14-15(2)10-11-16(3)25)27-18(5)24(21(27)30)13-12-17(4)28(24)22(31)32-23(6,7)8/h10-11,17-19H,9,12-14H2,1-8H3,(H,26,29)/b15-10+,16-11+/t17?,18?,19-,24?/m0/s1. The molecule has 32 heavy (non-hydrogen) atoms. The van der Waals surface area contributed by atoms with Crippen molar-refractivity contribution in [1.29, 1.82) is 0 Å². The summed E-state index contributed by atoms with van der Waals surface area (Å²) in [6.45, 7) is 14.5. The van der Waals surface area contributed by atoms with Crippen LogP contribution < -0.4 is 5.32 Å². The zero-order chi connectivity index (χ0) is 24.4. The normalized spacial score (nSPS) is 27.5. The van der Waals surface area contributed by atoms with Crippen LogP contribution in [-0.4, -0.2) is 63.5 Å². The Kier molecular flexibility index (Phi) is 7.79. The average Bonchev–Trinajstić information content (AvgIpc) is 3.06. The number of rotatable bonds is 6. The van der Waals surface area contributed by atoms with Gasteiger partial charge in [-0.3, -0.25) is 14.5 Å². The Morgan fingerprint density at radius 3 is 2.41 bits per heavy atom. The number of ether oxygens (including phenoxy) is 1. The second-order valence-corrected chi connectivity index (χ2v) is 9.96. The highest BCUT2D eigenvalue weighted by Crippen LogP contribution is 2.48. The van der Waals surface area contributed by atoms with Gasteiger partial charge in [0, 0.05) is 12.6 Å². The van der Waals surface area contributed by atoms with Crippen molar-refractivity contribution in [2.24, 2.45) is 0 Å². The van der Waals surface area contributed by atoms with Crippen molar-refractivity contribution in [2.75, 3.05) is 6.54 Å². The molecule has 0 aromatic carbocycles. The SMILES string of the molecule is CC[C@@H](C(=O)NC/C(C)=C/C=C(\C)F)N1C(=O)C2(CCC(C)N2C(=O)OC(C)(C)C)C1C. The molecule has 2 rings (SSSR count). The van der Waals surface area contributed by atoms with Crippen LogP contribution in [0.3, 0.4) is 0 Å². The predicted molar refractivity (Wildman–Crippen MR) is 122 cm³/mol. The third-order valence-electron chi connectivity index (χ3n) is 6.28. The van der Waals surface area contributed by atoms with Crippen LogP contribution in [0.15, 0.2) is 23.6 Å². The van der Waals surface area contributed by atoms with Crippen LogP contribution in [0.1, 0.15) is 74.7 Å². The number of β-lactam (4-membered cyclic amide) rings is 1. The second kappa shape index (κ2) is 9.63. The highest BCUT2D eigenvalue weighted by atomic mass is 19.1. The van der Waals surface area contributed by atoms with Gasteiger partial charge < -0.3 is 15.0 Å². The number of carbonyl (C=O) groups is 3. The number of halogens is 1. The summed E-state index contributed by atoms with van der Waals surface area (Å²) in [6.07, 6.45) is 4.18. The summed E-state index contributed by atoms with van der Waals surface area (Å²) in [7, 11) is 0. The molecule has 2 aliphatic heterocycles. The lowest BCUT2D eigenvalue weighted by atomic mass is 9.76. The van der Waals surface area contributed by atoms with Crippen LogP contribution >= 0.6 is 0 Å². The molecule has 1 N–H and O–H groups in total. The van der Waals surface area contributed by atoms with Gasteiger partial charge >= 0.3 is 6.09 Å². The van der Waals surface area contributed by atoms with Crippen LogP contribution in [0, 0.1) is 0 Å². The predicted octanol–water partition coefficient (Wildman–Crippen LogP) is 4.09. The van der Waals surface area contributed by atoms with E-state index in [1.807, 2.05) is 20.8 Å². The van der Waals surface area contributed by atoms with Gasteiger partial charge in [-0.05, 0) is 73.8 Å². The molecule has 0 aromatic heterocycles. The van der Waals surface area contributed by atoms with Crippen molar-refractivity contribution in [3.63, 3.8) is 0 Å². The number of allylic oxidation sites excluding steroid dienone is 3. The molecule has 0 aliphatic carbocycles. The number of likely N-dealkylation sites (tertiary alicyclic amines) is 2. The van der Waals surface area contributed by atoms with E-state index in [-0.39, 0.29) is 36.3 Å². The lowest BCUT2D eigenvalue weighted by molar-refractivity contribution is -0.179. The first-order chi connectivity index (χ1) is 14.8. The fourth-order valence-corrected chi connectivity index (χ4v) is 4.67. The van der Waals surface area contributed by atoms with E-state index >= 15 is 0 Å². The summed E-state index contributed by atoms with van der Waals surface area (Å²) in [5.41, 5.74) is -0.830. The molecule has 3 unspecified atom stereocenters. The molecule has 7 nitrogen and oxygen atoms in total. The summed E-state index contributed by atoms with van der Waals surface area (Å²) in [6, 6.07) is -1.06. The smallest absolute Gasteiger partial charge is 0.411 e. The minimum absolute atomic E-state index is 0.118. The molecular weight excluding hydrogens is 413 g/mol. The minimum atomic E-state index is -0.964. The van der Waals surface area contributed by atoms with E-state index in [1.165, 1.54) is 13.0 Å². The van der Waals surface area contributed by atoms with Gasteiger partial charge in [-0.2, -0.15) is 0 Å². The Hall–Kier alpha value is -2.38. The van der Waals surface area contributed by atoms with Crippen molar-refractivity contribution < 1.29 is 23.5 Å². The van der Waals surface area contributed by atoms with Crippen molar-refractivity contribution >= 4 is 17.9 Å². The molecule has 0 saturated carbocycles.